The second-order valence-corrected chi connectivity index (χ2v) is 6.14. The maximum atomic E-state index is 12.3. The number of hydrogen-bond donors (Lipinski definition) is 2. The number of guanidine groups is 1. The van der Waals surface area contributed by atoms with Crippen molar-refractivity contribution in [3.63, 3.8) is 0 Å². The van der Waals surface area contributed by atoms with Crippen LogP contribution in [0, 0.1) is 0 Å². The van der Waals surface area contributed by atoms with Gasteiger partial charge in [0.2, 0.25) is 5.91 Å². The number of hydrogen-bond acceptors (Lipinski definition) is 4. The summed E-state index contributed by atoms with van der Waals surface area (Å²) in [5, 5.41) is 6.02. The molecule has 1 rings (SSSR count). The first kappa shape index (κ1) is 23.3. The van der Waals surface area contributed by atoms with Gasteiger partial charge in [-0.15, -0.1) is 0 Å². The molecule has 0 atom stereocenters. The number of benzene rings is 1. The van der Waals surface area contributed by atoms with E-state index in [2.05, 4.69) is 15.6 Å². The van der Waals surface area contributed by atoms with Gasteiger partial charge in [0.15, 0.2) is 5.96 Å². The summed E-state index contributed by atoms with van der Waals surface area (Å²) in [6.45, 7) is 9.04. The van der Waals surface area contributed by atoms with E-state index < -0.39 is 0 Å². The number of likely N-dealkylation sites (N-methyl/N-ethyl adjacent to an activating group) is 2. The number of carbonyl (C=O) groups is 2. The first-order chi connectivity index (χ1) is 13.5. The van der Waals surface area contributed by atoms with Gasteiger partial charge < -0.3 is 25.2 Å². The van der Waals surface area contributed by atoms with Gasteiger partial charge in [-0.1, -0.05) is 0 Å². The van der Waals surface area contributed by atoms with E-state index in [1.807, 2.05) is 27.8 Å². The highest BCUT2D eigenvalue weighted by Crippen LogP contribution is 2.10. The van der Waals surface area contributed by atoms with E-state index in [4.69, 9.17) is 4.74 Å². The van der Waals surface area contributed by atoms with Crippen LogP contribution in [0.15, 0.2) is 29.3 Å². The SMILES string of the molecule is CCNC(=NCCNC(=O)c1ccc(OC)cc1)N(C)CC(=O)N(CC)CC. The molecular formula is C20H33N5O3. The molecule has 0 saturated heterocycles. The molecule has 0 aromatic heterocycles. The van der Waals surface area contributed by atoms with Crippen LogP contribution in [0.2, 0.25) is 0 Å². The zero-order valence-corrected chi connectivity index (χ0v) is 17.6. The molecule has 1 aromatic rings. The van der Waals surface area contributed by atoms with Crippen molar-refractivity contribution in [1.29, 1.82) is 0 Å². The third-order valence-corrected chi connectivity index (χ3v) is 4.20. The molecule has 8 heteroatoms. The maximum absolute atomic E-state index is 12.3. The van der Waals surface area contributed by atoms with E-state index >= 15 is 0 Å². The van der Waals surface area contributed by atoms with Crippen molar-refractivity contribution in [1.82, 2.24) is 20.4 Å². The molecule has 0 spiro atoms. The summed E-state index contributed by atoms with van der Waals surface area (Å²) in [5.74, 6) is 1.25. The van der Waals surface area contributed by atoms with E-state index in [1.165, 1.54) is 0 Å². The van der Waals surface area contributed by atoms with Crippen LogP contribution in [0.25, 0.3) is 0 Å². The molecule has 156 valence electrons. The lowest BCUT2D eigenvalue weighted by Crippen LogP contribution is -2.46. The molecule has 2 N–H and O–H groups in total. The molecule has 1 aromatic carbocycles. The van der Waals surface area contributed by atoms with Gasteiger partial charge in [0.05, 0.1) is 20.2 Å². The lowest BCUT2D eigenvalue weighted by Gasteiger charge is -2.25. The summed E-state index contributed by atoms with van der Waals surface area (Å²) in [5.41, 5.74) is 0.568. The third-order valence-electron chi connectivity index (χ3n) is 4.20. The van der Waals surface area contributed by atoms with Crippen LogP contribution in [0.1, 0.15) is 31.1 Å². The van der Waals surface area contributed by atoms with Gasteiger partial charge in [0.1, 0.15) is 5.75 Å². The normalized spacial score (nSPS) is 11.0. The largest absolute Gasteiger partial charge is 0.497 e. The van der Waals surface area contributed by atoms with E-state index in [-0.39, 0.29) is 18.4 Å². The Morgan fingerprint density at radius 3 is 2.25 bits per heavy atom. The third kappa shape index (κ3) is 7.46. The summed E-state index contributed by atoms with van der Waals surface area (Å²) in [4.78, 5) is 32.5. The lowest BCUT2D eigenvalue weighted by molar-refractivity contribution is -0.131. The van der Waals surface area contributed by atoms with Crippen molar-refractivity contribution in [3.8, 4) is 5.75 Å². The second-order valence-electron chi connectivity index (χ2n) is 6.14. The fourth-order valence-corrected chi connectivity index (χ4v) is 2.60. The van der Waals surface area contributed by atoms with E-state index in [1.54, 1.807) is 41.2 Å². The molecule has 0 heterocycles. The molecule has 0 radical (unpaired) electrons. The molecule has 0 unspecified atom stereocenters. The van der Waals surface area contributed by atoms with Crippen LogP contribution < -0.4 is 15.4 Å². The Bertz CT molecular complexity index is 642. The minimum atomic E-state index is -0.159. The highest BCUT2D eigenvalue weighted by atomic mass is 16.5. The highest BCUT2D eigenvalue weighted by molar-refractivity contribution is 5.94. The predicted octanol–water partition coefficient (Wildman–Crippen LogP) is 1.19. The lowest BCUT2D eigenvalue weighted by atomic mass is 10.2. The Labute approximate surface area is 167 Å². The first-order valence-electron chi connectivity index (χ1n) is 9.66. The number of nitrogens with one attached hydrogen (secondary N) is 2. The Balaban J connectivity index is 2.56. The Hall–Kier alpha value is -2.77. The number of aliphatic imine (C=N–C) groups is 1. The minimum Gasteiger partial charge on any atom is -0.497 e. The summed E-state index contributed by atoms with van der Waals surface area (Å²) < 4.78 is 5.09. The Morgan fingerprint density at radius 1 is 1.07 bits per heavy atom. The van der Waals surface area contributed by atoms with Crippen LogP contribution in [-0.2, 0) is 4.79 Å². The van der Waals surface area contributed by atoms with Crippen LogP contribution >= 0.6 is 0 Å². The monoisotopic (exact) mass is 391 g/mol. The summed E-state index contributed by atoms with van der Waals surface area (Å²) in [6, 6.07) is 6.93. The smallest absolute Gasteiger partial charge is 0.251 e. The zero-order valence-electron chi connectivity index (χ0n) is 17.6. The van der Waals surface area contributed by atoms with Gasteiger partial charge in [-0.25, -0.2) is 0 Å². The summed E-state index contributed by atoms with van der Waals surface area (Å²) in [6.07, 6.45) is 0. The van der Waals surface area contributed by atoms with Gasteiger partial charge in [0, 0.05) is 38.8 Å². The average Bonchev–Trinajstić information content (AvgIpc) is 2.71. The number of rotatable bonds is 10. The van der Waals surface area contributed by atoms with Gasteiger partial charge in [-0.3, -0.25) is 14.6 Å². The zero-order chi connectivity index (χ0) is 20.9. The second kappa shape index (κ2) is 12.6. The van der Waals surface area contributed by atoms with Gasteiger partial charge in [-0.05, 0) is 45.0 Å². The van der Waals surface area contributed by atoms with Gasteiger partial charge in [-0.2, -0.15) is 0 Å². The van der Waals surface area contributed by atoms with Crippen molar-refractivity contribution in [2.24, 2.45) is 4.99 Å². The number of amides is 2. The quantitative estimate of drug-likeness (QED) is 0.355. The summed E-state index contributed by atoms with van der Waals surface area (Å²) >= 11 is 0. The predicted molar refractivity (Wildman–Crippen MR) is 112 cm³/mol. The van der Waals surface area contributed by atoms with Crippen molar-refractivity contribution in [3.05, 3.63) is 29.8 Å². The van der Waals surface area contributed by atoms with E-state index in [0.717, 1.165) is 0 Å². The minimum absolute atomic E-state index is 0.0610. The van der Waals surface area contributed by atoms with Crippen molar-refractivity contribution < 1.29 is 14.3 Å². The fourth-order valence-electron chi connectivity index (χ4n) is 2.60. The molecule has 0 aliphatic heterocycles. The van der Waals surface area contributed by atoms with Crippen LogP contribution in [0.4, 0.5) is 0 Å². The van der Waals surface area contributed by atoms with Crippen LogP contribution in [0.3, 0.4) is 0 Å². The molecular weight excluding hydrogens is 358 g/mol. The van der Waals surface area contributed by atoms with E-state index in [9.17, 15) is 9.59 Å². The molecule has 0 bridgehead atoms. The maximum Gasteiger partial charge on any atom is 0.251 e. The number of ether oxygens (including phenoxy) is 1. The average molecular weight is 392 g/mol. The number of nitrogens with zero attached hydrogens (tertiary/aromatic N) is 3. The Kier molecular flexibility index (Phi) is 10.5. The molecule has 0 aliphatic carbocycles. The molecule has 0 fully saturated rings. The summed E-state index contributed by atoms with van der Waals surface area (Å²) in [7, 11) is 3.42. The highest BCUT2D eigenvalue weighted by Gasteiger charge is 2.15. The van der Waals surface area contributed by atoms with Crippen molar-refractivity contribution in [2.75, 3.05) is 53.4 Å². The van der Waals surface area contributed by atoms with E-state index in [0.29, 0.717) is 50.0 Å². The standard InChI is InChI=1S/C20H33N5O3/c1-6-21-20(24(4)15-18(26)25(7-2)8-3)23-14-13-22-19(27)16-9-11-17(28-5)12-10-16/h9-12H,6-8,13-15H2,1-5H3,(H,21,23)(H,22,27). The van der Waals surface area contributed by atoms with Gasteiger partial charge >= 0.3 is 0 Å². The molecule has 0 saturated carbocycles. The van der Waals surface area contributed by atoms with Gasteiger partial charge in [0.25, 0.3) is 5.91 Å². The van der Waals surface area contributed by atoms with Crippen LogP contribution in [-0.4, -0.2) is 81.0 Å². The van der Waals surface area contributed by atoms with Crippen molar-refractivity contribution >= 4 is 17.8 Å². The number of methoxy groups -OCH3 is 1. The Morgan fingerprint density at radius 2 is 1.71 bits per heavy atom. The molecule has 2 amide bonds. The first-order valence-corrected chi connectivity index (χ1v) is 9.66. The molecule has 28 heavy (non-hydrogen) atoms. The van der Waals surface area contributed by atoms with Crippen molar-refractivity contribution in [2.45, 2.75) is 20.8 Å². The molecule has 8 nitrogen and oxygen atoms in total. The number of carbonyl (C=O) groups excluding carboxylic acids is 2. The topological polar surface area (TPSA) is 86.3 Å². The fraction of sp³-hybridized carbons (Fsp3) is 0.550. The molecule has 0 aliphatic rings. The van der Waals surface area contributed by atoms with Crippen LogP contribution in [0.5, 0.6) is 5.75 Å².